The van der Waals surface area contributed by atoms with Gasteiger partial charge in [0.15, 0.2) is 0 Å². The van der Waals surface area contributed by atoms with Gasteiger partial charge in [-0.05, 0) is 48.8 Å². The van der Waals surface area contributed by atoms with Crippen molar-refractivity contribution in [1.29, 1.82) is 0 Å². The Kier molecular flexibility index (Phi) is 6.37. The molecule has 1 aromatic rings. The lowest BCUT2D eigenvalue weighted by Crippen LogP contribution is -2.18. The molecule has 1 rings (SSSR count). The molecule has 0 spiro atoms. The molecule has 0 fully saturated rings. The van der Waals surface area contributed by atoms with Crippen molar-refractivity contribution in [2.24, 2.45) is 17.1 Å². The molecule has 1 aromatic carbocycles. The molecule has 1 nitrogen and oxygen atoms in total. The van der Waals surface area contributed by atoms with Crippen LogP contribution in [0.5, 0.6) is 0 Å². The molecule has 1 unspecified atom stereocenters. The summed E-state index contributed by atoms with van der Waals surface area (Å²) in [5.74, 6) is 0.603. The van der Waals surface area contributed by atoms with Crippen molar-refractivity contribution >= 4 is 15.9 Å². The van der Waals surface area contributed by atoms with Crippen molar-refractivity contribution in [2.75, 3.05) is 6.54 Å². The van der Waals surface area contributed by atoms with Gasteiger partial charge in [-0.2, -0.15) is 0 Å². The Bertz CT molecular complexity index is 354. The molecule has 18 heavy (non-hydrogen) atoms. The molecular formula is C16H26BrN. The molecule has 0 aliphatic rings. The van der Waals surface area contributed by atoms with E-state index >= 15 is 0 Å². The minimum atomic E-state index is 0.437. The normalized spacial score (nSPS) is 13.6. The lowest BCUT2D eigenvalue weighted by molar-refractivity contribution is 0.338. The highest BCUT2D eigenvalue weighted by molar-refractivity contribution is 9.10. The summed E-state index contributed by atoms with van der Waals surface area (Å²) in [6.07, 6.45) is 4.87. The fraction of sp³-hybridized carbons (Fsp3) is 0.625. The Morgan fingerprint density at radius 2 is 1.89 bits per heavy atom. The van der Waals surface area contributed by atoms with Gasteiger partial charge >= 0.3 is 0 Å². The highest BCUT2D eigenvalue weighted by atomic mass is 79.9. The fourth-order valence-corrected chi connectivity index (χ4v) is 2.65. The maximum Gasteiger partial charge on any atom is 0.0207 e. The highest BCUT2D eigenvalue weighted by Gasteiger charge is 2.13. The first-order valence-corrected chi connectivity index (χ1v) is 7.65. The van der Waals surface area contributed by atoms with Gasteiger partial charge in [-0.25, -0.2) is 0 Å². The first-order chi connectivity index (χ1) is 8.42. The number of rotatable bonds is 6. The molecule has 0 radical (unpaired) electrons. The minimum Gasteiger partial charge on any atom is -0.330 e. The van der Waals surface area contributed by atoms with E-state index in [0.29, 0.717) is 11.3 Å². The van der Waals surface area contributed by atoms with Crippen LogP contribution in [0.3, 0.4) is 0 Å². The summed E-state index contributed by atoms with van der Waals surface area (Å²) in [7, 11) is 0. The smallest absolute Gasteiger partial charge is 0.0207 e. The average molecular weight is 312 g/mol. The van der Waals surface area contributed by atoms with E-state index in [4.69, 9.17) is 5.73 Å². The highest BCUT2D eigenvalue weighted by Crippen LogP contribution is 2.25. The van der Waals surface area contributed by atoms with Crippen LogP contribution in [0.2, 0.25) is 0 Å². The van der Waals surface area contributed by atoms with Crippen molar-refractivity contribution < 1.29 is 0 Å². The van der Waals surface area contributed by atoms with Crippen molar-refractivity contribution in [3.63, 3.8) is 0 Å². The summed E-state index contributed by atoms with van der Waals surface area (Å²) < 4.78 is 1.21. The summed E-state index contributed by atoms with van der Waals surface area (Å²) in [6, 6.07) is 8.46. The predicted octanol–water partition coefficient (Wildman–Crippen LogP) is 4.78. The Morgan fingerprint density at radius 3 is 2.44 bits per heavy atom. The molecule has 2 N–H and O–H groups in total. The molecule has 0 saturated heterocycles. The van der Waals surface area contributed by atoms with Gasteiger partial charge in [-0.3, -0.25) is 0 Å². The van der Waals surface area contributed by atoms with Crippen molar-refractivity contribution in [2.45, 2.75) is 46.5 Å². The lowest BCUT2D eigenvalue weighted by atomic mass is 9.86. The maximum absolute atomic E-state index is 5.91. The third-order valence-electron chi connectivity index (χ3n) is 3.34. The third-order valence-corrected chi connectivity index (χ3v) is 4.11. The molecule has 0 bridgehead atoms. The van der Waals surface area contributed by atoms with E-state index in [1.54, 1.807) is 0 Å². The van der Waals surface area contributed by atoms with Crippen LogP contribution < -0.4 is 5.73 Å². The summed E-state index contributed by atoms with van der Waals surface area (Å²) >= 11 is 3.61. The predicted molar refractivity (Wildman–Crippen MR) is 83.7 cm³/mol. The molecule has 0 aliphatic carbocycles. The van der Waals surface area contributed by atoms with Gasteiger partial charge in [0.2, 0.25) is 0 Å². The second-order valence-electron chi connectivity index (χ2n) is 6.35. The molecule has 0 heterocycles. The number of halogens is 1. The Morgan fingerprint density at radius 1 is 1.22 bits per heavy atom. The number of benzene rings is 1. The molecule has 0 aromatic heterocycles. The van der Waals surface area contributed by atoms with Gasteiger partial charge in [0.05, 0.1) is 0 Å². The van der Waals surface area contributed by atoms with Crippen LogP contribution in [0, 0.1) is 11.3 Å². The zero-order valence-corrected chi connectivity index (χ0v) is 13.5. The van der Waals surface area contributed by atoms with Crippen LogP contribution in [-0.4, -0.2) is 6.54 Å². The van der Waals surface area contributed by atoms with Gasteiger partial charge in [0, 0.05) is 4.47 Å². The van der Waals surface area contributed by atoms with E-state index in [2.05, 4.69) is 61.0 Å². The second-order valence-corrected chi connectivity index (χ2v) is 7.20. The Hall–Kier alpha value is -0.340. The fourth-order valence-electron chi connectivity index (χ4n) is 2.20. The van der Waals surface area contributed by atoms with Crippen LogP contribution in [0.4, 0.5) is 0 Å². The second kappa shape index (κ2) is 7.30. The Balaban J connectivity index is 2.45. The monoisotopic (exact) mass is 311 g/mol. The van der Waals surface area contributed by atoms with Gasteiger partial charge in [-0.1, -0.05) is 61.3 Å². The van der Waals surface area contributed by atoms with Crippen molar-refractivity contribution in [1.82, 2.24) is 0 Å². The van der Waals surface area contributed by atoms with Crippen LogP contribution in [0.25, 0.3) is 0 Å². The number of nitrogens with two attached hydrogens (primary N) is 1. The van der Waals surface area contributed by atoms with Gasteiger partial charge in [0.25, 0.3) is 0 Å². The average Bonchev–Trinajstić information content (AvgIpc) is 2.29. The lowest BCUT2D eigenvalue weighted by Gasteiger charge is -2.21. The molecule has 0 aliphatic heterocycles. The molecule has 102 valence electrons. The SMILES string of the molecule is CC(C)(C)CCCC(CN)Cc1ccccc1Br. The van der Waals surface area contributed by atoms with Gasteiger partial charge in [-0.15, -0.1) is 0 Å². The maximum atomic E-state index is 5.91. The first kappa shape index (κ1) is 15.7. The van der Waals surface area contributed by atoms with E-state index in [9.17, 15) is 0 Å². The third kappa shape index (κ3) is 6.01. The number of hydrogen-bond donors (Lipinski definition) is 1. The zero-order chi connectivity index (χ0) is 13.6. The van der Waals surface area contributed by atoms with E-state index in [1.165, 1.54) is 29.3 Å². The summed E-state index contributed by atoms with van der Waals surface area (Å²) in [4.78, 5) is 0. The molecule has 0 amide bonds. The summed E-state index contributed by atoms with van der Waals surface area (Å²) in [6.45, 7) is 7.69. The van der Waals surface area contributed by atoms with E-state index < -0.39 is 0 Å². The zero-order valence-electron chi connectivity index (χ0n) is 11.9. The Labute approximate surface area is 120 Å². The van der Waals surface area contributed by atoms with E-state index in [-0.39, 0.29) is 0 Å². The van der Waals surface area contributed by atoms with Crippen LogP contribution >= 0.6 is 15.9 Å². The number of hydrogen-bond acceptors (Lipinski definition) is 1. The summed E-state index contributed by atoms with van der Waals surface area (Å²) in [5, 5.41) is 0. The van der Waals surface area contributed by atoms with Gasteiger partial charge in [0.1, 0.15) is 0 Å². The molecule has 2 heteroatoms. The van der Waals surface area contributed by atoms with Crippen molar-refractivity contribution in [3.8, 4) is 0 Å². The summed E-state index contributed by atoms with van der Waals surface area (Å²) in [5.41, 5.74) is 7.72. The largest absolute Gasteiger partial charge is 0.330 e. The van der Waals surface area contributed by atoms with Crippen LogP contribution in [0.15, 0.2) is 28.7 Å². The van der Waals surface area contributed by atoms with Gasteiger partial charge < -0.3 is 5.73 Å². The first-order valence-electron chi connectivity index (χ1n) is 6.86. The standard InChI is InChI=1S/C16H26BrN/c1-16(2,3)10-6-7-13(12-18)11-14-8-4-5-9-15(14)17/h4-5,8-9,13H,6-7,10-12,18H2,1-3H3. The van der Waals surface area contributed by atoms with E-state index in [1.807, 2.05) is 0 Å². The molecular weight excluding hydrogens is 286 g/mol. The quantitative estimate of drug-likeness (QED) is 0.803. The van der Waals surface area contributed by atoms with Crippen molar-refractivity contribution in [3.05, 3.63) is 34.3 Å². The van der Waals surface area contributed by atoms with Crippen LogP contribution in [-0.2, 0) is 6.42 Å². The molecule has 0 saturated carbocycles. The molecule has 1 atom stereocenters. The van der Waals surface area contributed by atoms with E-state index in [0.717, 1.165) is 13.0 Å². The van der Waals surface area contributed by atoms with Crippen LogP contribution in [0.1, 0.15) is 45.6 Å². The minimum absolute atomic E-state index is 0.437. The topological polar surface area (TPSA) is 26.0 Å².